The maximum Gasteiger partial charge on any atom is 0.249 e. The molecule has 0 aliphatic heterocycles. The fourth-order valence-corrected chi connectivity index (χ4v) is 1.65. The summed E-state index contributed by atoms with van der Waals surface area (Å²) in [5.41, 5.74) is 12.9. The van der Waals surface area contributed by atoms with Gasteiger partial charge >= 0.3 is 0 Å². The zero-order chi connectivity index (χ0) is 11.3. The Bertz CT molecular complexity index is 364. The van der Waals surface area contributed by atoms with E-state index in [-0.39, 0.29) is 6.61 Å². The van der Waals surface area contributed by atoms with Gasteiger partial charge in [-0.15, -0.1) is 11.3 Å². The van der Waals surface area contributed by atoms with E-state index in [1.807, 2.05) is 0 Å². The minimum atomic E-state index is -0.550. The molecule has 0 bridgehead atoms. The number of hydrogen-bond acceptors (Lipinski definition) is 5. The second-order valence-corrected chi connectivity index (χ2v) is 3.74. The normalized spacial score (nSPS) is 10.1. The standard InChI is InChI=1S/C8H11N3O3S/c9-7(12)3-14-11-2-6-1-5(4-15-6)8(10)13/h1,4,11H,2-3H2,(H2,9,12)(H2,10,13). The van der Waals surface area contributed by atoms with Gasteiger partial charge in [0.25, 0.3) is 0 Å². The number of nitrogens with one attached hydrogen (secondary N) is 1. The van der Waals surface area contributed by atoms with Crippen molar-refractivity contribution in [2.45, 2.75) is 6.54 Å². The van der Waals surface area contributed by atoms with E-state index in [2.05, 4.69) is 5.48 Å². The summed E-state index contributed by atoms with van der Waals surface area (Å²) < 4.78 is 0. The van der Waals surface area contributed by atoms with Crippen molar-refractivity contribution in [2.75, 3.05) is 6.61 Å². The summed E-state index contributed by atoms with van der Waals surface area (Å²) in [6, 6.07) is 1.66. The van der Waals surface area contributed by atoms with E-state index in [0.29, 0.717) is 12.1 Å². The molecule has 82 valence electrons. The van der Waals surface area contributed by atoms with Gasteiger partial charge in [0.1, 0.15) is 6.61 Å². The maximum atomic E-state index is 10.7. The van der Waals surface area contributed by atoms with Gasteiger partial charge in [0.2, 0.25) is 11.8 Å². The first-order valence-corrected chi connectivity index (χ1v) is 4.97. The lowest BCUT2D eigenvalue weighted by Crippen LogP contribution is -2.24. The molecule has 5 N–H and O–H groups in total. The van der Waals surface area contributed by atoms with Crippen LogP contribution in [0.15, 0.2) is 11.4 Å². The number of thiophene rings is 1. The Balaban J connectivity index is 2.31. The summed E-state index contributed by atoms with van der Waals surface area (Å²) in [5, 5.41) is 1.66. The predicted octanol–water partition coefficient (Wildman–Crippen LogP) is -0.647. The summed E-state index contributed by atoms with van der Waals surface area (Å²) >= 11 is 1.38. The van der Waals surface area contributed by atoms with Crippen molar-refractivity contribution in [1.29, 1.82) is 0 Å². The first-order chi connectivity index (χ1) is 7.09. The minimum Gasteiger partial charge on any atom is -0.368 e. The smallest absolute Gasteiger partial charge is 0.249 e. The predicted molar refractivity (Wildman–Crippen MR) is 54.8 cm³/mol. The summed E-state index contributed by atoms with van der Waals surface area (Å²) in [5.74, 6) is -1.01. The summed E-state index contributed by atoms with van der Waals surface area (Å²) in [6.07, 6.45) is 0. The number of nitrogens with two attached hydrogens (primary N) is 2. The molecule has 6 nitrogen and oxygen atoms in total. The van der Waals surface area contributed by atoms with Crippen molar-refractivity contribution in [3.8, 4) is 0 Å². The highest BCUT2D eigenvalue weighted by atomic mass is 32.1. The Morgan fingerprint density at radius 3 is 2.73 bits per heavy atom. The minimum absolute atomic E-state index is 0.186. The van der Waals surface area contributed by atoms with E-state index < -0.39 is 11.8 Å². The average molecular weight is 229 g/mol. The van der Waals surface area contributed by atoms with Crippen molar-refractivity contribution in [1.82, 2.24) is 5.48 Å². The zero-order valence-electron chi connectivity index (χ0n) is 7.86. The van der Waals surface area contributed by atoms with Crippen molar-refractivity contribution in [2.24, 2.45) is 11.5 Å². The van der Waals surface area contributed by atoms with Crippen molar-refractivity contribution in [3.05, 3.63) is 21.9 Å². The molecule has 1 rings (SSSR count). The quantitative estimate of drug-likeness (QED) is 0.445. The Kier molecular flexibility index (Phi) is 4.22. The van der Waals surface area contributed by atoms with E-state index >= 15 is 0 Å². The molecule has 1 heterocycles. The molecule has 1 aromatic heterocycles. The van der Waals surface area contributed by atoms with E-state index in [1.165, 1.54) is 11.3 Å². The number of hydrogen-bond donors (Lipinski definition) is 3. The third kappa shape index (κ3) is 4.07. The molecule has 0 fully saturated rings. The number of primary amides is 2. The maximum absolute atomic E-state index is 10.7. The van der Waals surface area contributed by atoms with Gasteiger partial charge < -0.3 is 11.5 Å². The molecule has 2 amide bonds. The lowest BCUT2D eigenvalue weighted by atomic mass is 10.3. The van der Waals surface area contributed by atoms with Crippen LogP contribution in [0.3, 0.4) is 0 Å². The van der Waals surface area contributed by atoms with E-state index in [9.17, 15) is 9.59 Å². The Labute approximate surface area is 90.2 Å². The highest BCUT2D eigenvalue weighted by Gasteiger charge is 2.04. The lowest BCUT2D eigenvalue weighted by Gasteiger charge is -2.00. The average Bonchev–Trinajstić information content (AvgIpc) is 2.60. The van der Waals surface area contributed by atoms with Gasteiger partial charge in [0.15, 0.2) is 0 Å². The molecule has 0 unspecified atom stereocenters. The van der Waals surface area contributed by atoms with E-state index in [0.717, 1.165) is 4.88 Å². The van der Waals surface area contributed by atoms with Crippen LogP contribution < -0.4 is 16.9 Å². The number of carbonyl (C=O) groups is 2. The fraction of sp³-hybridized carbons (Fsp3) is 0.250. The molecule has 0 aromatic carbocycles. The molecular formula is C8H11N3O3S. The van der Waals surface area contributed by atoms with Gasteiger partial charge in [-0.3, -0.25) is 14.4 Å². The van der Waals surface area contributed by atoms with Crippen LogP contribution in [-0.2, 0) is 16.2 Å². The van der Waals surface area contributed by atoms with Crippen molar-refractivity contribution >= 4 is 23.2 Å². The highest BCUT2D eigenvalue weighted by molar-refractivity contribution is 7.10. The van der Waals surface area contributed by atoms with Crippen LogP contribution in [0.2, 0.25) is 0 Å². The summed E-state index contributed by atoms with van der Waals surface area (Å²) in [6.45, 7) is 0.208. The Morgan fingerprint density at radius 1 is 1.47 bits per heavy atom. The second-order valence-electron chi connectivity index (χ2n) is 2.74. The van der Waals surface area contributed by atoms with Crippen LogP contribution in [0.5, 0.6) is 0 Å². The van der Waals surface area contributed by atoms with Crippen LogP contribution in [0, 0.1) is 0 Å². The molecule has 0 radical (unpaired) electrons. The molecule has 7 heteroatoms. The Morgan fingerprint density at radius 2 is 2.20 bits per heavy atom. The molecule has 0 saturated heterocycles. The molecule has 0 saturated carbocycles. The number of carbonyl (C=O) groups excluding carboxylic acids is 2. The topological polar surface area (TPSA) is 107 Å². The van der Waals surface area contributed by atoms with Crippen molar-refractivity contribution < 1.29 is 14.4 Å². The summed E-state index contributed by atoms with van der Waals surface area (Å²) in [4.78, 5) is 26.7. The largest absolute Gasteiger partial charge is 0.368 e. The SMILES string of the molecule is NC(=O)CONCc1cc(C(N)=O)cs1. The highest BCUT2D eigenvalue weighted by Crippen LogP contribution is 2.13. The van der Waals surface area contributed by atoms with Gasteiger partial charge in [0.05, 0.1) is 12.1 Å². The molecule has 1 aromatic rings. The Hall–Kier alpha value is -1.44. The van der Waals surface area contributed by atoms with Gasteiger partial charge in [-0.2, -0.15) is 5.48 Å². The van der Waals surface area contributed by atoms with Crippen LogP contribution in [0.25, 0.3) is 0 Å². The second kappa shape index (κ2) is 5.44. The summed E-state index contributed by atoms with van der Waals surface area (Å²) in [7, 11) is 0. The van der Waals surface area contributed by atoms with Gasteiger partial charge in [-0.25, -0.2) is 0 Å². The van der Waals surface area contributed by atoms with Crippen LogP contribution in [-0.4, -0.2) is 18.4 Å². The van der Waals surface area contributed by atoms with Gasteiger partial charge in [0, 0.05) is 10.3 Å². The molecule has 0 aliphatic rings. The first-order valence-electron chi connectivity index (χ1n) is 4.09. The fourth-order valence-electron chi connectivity index (χ4n) is 0.847. The van der Waals surface area contributed by atoms with Crippen LogP contribution >= 0.6 is 11.3 Å². The van der Waals surface area contributed by atoms with Crippen LogP contribution in [0.1, 0.15) is 15.2 Å². The van der Waals surface area contributed by atoms with E-state index in [4.69, 9.17) is 16.3 Å². The molecule has 0 atom stereocenters. The molecule has 0 aliphatic carbocycles. The monoisotopic (exact) mass is 229 g/mol. The van der Waals surface area contributed by atoms with E-state index in [1.54, 1.807) is 11.4 Å². The lowest BCUT2D eigenvalue weighted by molar-refractivity contribution is -0.125. The zero-order valence-corrected chi connectivity index (χ0v) is 8.67. The van der Waals surface area contributed by atoms with Crippen molar-refractivity contribution in [3.63, 3.8) is 0 Å². The number of rotatable bonds is 6. The molecular weight excluding hydrogens is 218 g/mol. The number of amides is 2. The molecule has 15 heavy (non-hydrogen) atoms. The third-order valence-corrected chi connectivity index (χ3v) is 2.44. The third-order valence-electron chi connectivity index (χ3n) is 1.50. The number of hydroxylamine groups is 1. The van der Waals surface area contributed by atoms with Crippen LogP contribution in [0.4, 0.5) is 0 Å². The first kappa shape index (κ1) is 11.6. The van der Waals surface area contributed by atoms with Gasteiger partial charge in [-0.05, 0) is 6.07 Å². The van der Waals surface area contributed by atoms with Gasteiger partial charge in [-0.1, -0.05) is 0 Å². The molecule has 0 spiro atoms.